The second-order valence-electron chi connectivity index (χ2n) is 6.15. The van der Waals surface area contributed by atoms with E-state index >= 15 is 0 Å². The van der Waals surface area contributed by atoms with Crippen LogP contribution in [0, 0.1) is 5.82 Å². The van der Waals surface area contributed by atoms with Crippen molar-refractivity contribution in [2.75, 3.05) is 17.7 Å². The summed E-state index contributed by atoms with van der Waals surface area (Å²) in [6, 6.07) is 9.00. The van der Waals surface area contributed by atoms with E-state index in [0.717, 1.165) is 37.5 Å². The Morgan fingerprint density at radius 1 is 1.27 bits per heavy atom. The first-order chi connectivity index (χ1) is 12.5. The zero-order chi connectivity index (χ0) is 18.5. The molecule has 0 aliphatic carbocycles. The summed E-state index contributed by atoms with van der Waals surface area (Å²) in [5.74, 6) is -1.84. The van der Waals surface area contributed by atoms with Crippen LogP contribution in [0.1, 0.15) is 35.2 Å². The maximum atomic E-state index is 14.0. The largest absolute Gasteiger partial charge is 0.478 e. The van der Waals surface area contributed by atoms with Crippen LogP contribution < -0.4 is 11.1 Å². The number of ether oxygens (including phenoxy) is 2. The summed E-state index contributed by atoms with van der Waals surface area (Å²) in [7, 11) is 0. The van der Waals surface area contributed by atoms with Gasteiger partial charge in [-0.3, -0.25) is 0 Å². The van der Waals surface area contributed by atoms with Gasteiger partial charge in [0.1, 0.15) is 5.82 Å². The van der Waals surface area contributed by atoms with Gasteiger partial charge in [-0.15, -0.1) is 0 Å². The molecule has 4 N–H and O–H groups in total. The second-order valence-corrected chi connectivity index (χ2v) is 6.15. The fourth-order valence-corrected chi connectivity index (χ4v) is 2.74. The first-order valence-electron chi connectivity index (χ1n) is 8.44. The number of nitrogens with one attached hydrogen (secondary N) is 1. The van der Waals surface area contributed by atoms with Crippen LogP contribution in [0.25, 0.3) is 0 Å². The lowest BCUT2D eigenvalue weighted by Crippen LogP contribution is -2.22. The molecule has 26 heavy (non-hydrogen) atoms. The summed E-state index contributed by atoms with van der Waals surface area (Å²) in [6.07, 6.45) is 2.88. The van der Waals surface area contributed by atoms with Crippen LogP contribution in [-0.2, 0) is 16.1 Å². The number of hydrogen-bond donors (Lipinski definition) is 3. The molecule has 1 aliphatic heterocycles. The number of carboxylic acids is 1. The molecular formula is C19H21FN2O4. The Kier molecular flexibility index (Phi) is 5.70. The molecule has 0 saturated carbocycles. The number of rotatable bonds is 6. The highest BCUT2D eigenvalue weighted by atomic mass is 19.1. The second kappa shape index (κ2) is 8.16. The lowest BCUT2D eigenvalue weighted by atomic mass is 10.1. The molecule has 1 saturated heterocycles. The van der Waals surface area contributed by atoms with Gasteiger partial charge in [-0.25, -0.2) is 9.18 Å². The average Bonchev–Trinajstić information content (AvgIpc) is 2.64. The highest BCUT2D eigenvalue weighted by molar-refractivity contribution is 5.88. The minimum absolute atomic E-state index is 0.113. The van der Waals surface area contributed by atoms with Gasteiger partial charge in [0.25, 0.3) is 0 Å². The zero-order valence-electron chi connectivity index (χ0n) is 14.2. The summed E-state index contributed by atoms with van der Waals surface area (Å²) in [4.78, 5) is 10.9. The summed E-state index contributed by atoms with van der Waals surface area (Å²) in [5, 5.41) is 11.8. The van der Waals surface area contributed by atoms with Crippen molar-refractivity contribution in [1.82, 2.24) is 0 Å². The number of carboxylic acid groups (broad SMARTS) is 1. The van der Waals surface area contributed by atoms with E-state index in [1.54, 1.807) is 12.1 Å². The maximum absolute atomic E-state index is 14.0. The lowest BCUT2D eigenvalue weighted by molar-refractivity contribution is -0.168. The summed E-state index contributed by atoms with van der Waals surface area (Å²) >= 11 is 0. The van der Waals surface area contributed by atoms with E-state index in [2.05, 4.69) is 5.32 Å². The minimum atomic E-state index is -1.18. The Morgan fingerprint density at radius 3 is 2.73 bits per heavy atom. The Morgan fingerprint density at radius 2 is 2.08 bits per heavy atom. The Hall–Kier alpha value is -2.64. The molecule has 1 unspecified atom stereocenters. The van der Waals surface area contributed by atoms with Gasteiger partial charge in [-0.2, -0.15) is 0 Å². The number of carbonyl (C=O) groups is 1. The van der Waals surface area contributed by atoms with Crippen molar-refractivity contribution in [2.45, 2.75) is 32.2 Å². The molecule has 1 heterocycles. The topological polar surface area (TPSA) is 93.8 Å². The van der Waals surface area contributed by atoms with E-state index in [1.165, 1.54) is 12.1 Å². The summed E-state index contributed by atoms with van der Waals surface area (Å²) in [5.41, 5.74) is 7.95. The monoisotopic (exact) mass is 360 g/mol. The summed E-state index contributed by atoms with van der Waals surface area (Å²) < 4.78 is 25.3. The Labute approximate surface area is 150 Å². The molecule has 0 radical (unpaired) electrons. The normalized spacial score (nSPS) is 17.0. The van der Waals surface area contributed by atoms with Crippen LogP contribution in [0.15, 0.2) is 36.4 Å². The standard InChI is InChI=1S/C19H21FN2O4/c20-14-10-13(19(23)24)5-7-16(14)22-17-6-4-12(9-15(17)21)11-26-18-3-1-2-8-25-18/h4-7,9-10,18,22H,1-3,8,11,21H2,(H,23,24). The van der Waals surface area contributed by atoms with E-state index in [-0.39, 0.29) is 17.5 Å². The zero-order valence-corrected chi connectivity index (χ0v) is 14.2. The highest BCUT2D eigenvalue weighted by Crippen LogP contribution is 2.27. The highest BCUT2D eigenvalue weighted by Gasteiger charge is 2.14. The number of hydrogen-bond acceptors (Lipinski definition) is 5. The van der Waals surface area contributed by atoms with E-state index in [4.69, 9.17) is 20.3 Å². The molecule has 1 aliphatic rings. The van der Waals surface area contributed by atoms with Crippen molar-refractivity contribution in [1.29, 1.82) is 0 Å². The fourth-order valence-electron chi connectivity index (χ4n) is 2.74. The number of aromatic carboxylic acids is 1. The molecule has 0 spiro atoms. The quantitative estimate of drug-likeness (QED) is 0.677. The third-order valence-electron chi connectivity index (χ3n) is 4.18. The van der Waals surface area contributed by atoms with Gasteiger partial charge in [-0.1, -0.05) is 6.07 Å². The van der Waals surface area contributed by atoms with E-state index < -0.39 is 11.8 Å². The van der Waals surface area contributed by atoms with Gasteiger partial charge >= 0.3 is 5.97 Å². The predicted molar refractivity (Wildman–Crippen MR) is 95.9 cm³/mol. The van der Waals surface area contributed by atoms with Crippen LogP contribution in [0.3, 0.4) is 0 Å². The van der Waals surface area contributed by atoms with Crippen LogP contribution in [0.5, 0.6) is 0 Å². The maximum Gasteiger partial charge on any atom is 0.335 e. The molecule has 1 fully saturated rings. The van der Waals surface area contributed by atoms with Crippen LogP contribution in [0.2, 0.25) is 0 Å². The number of anilines is 3. The molecule has 2 aromatic rings. The molecule has 6 nitrogen and oxygen atoms in total. The van der Waals surface area contributed by atoms with Crippen LogP contribution in [-0.4, -0.2) is 24.0 Å². The molecule has 0 bridgehead atoms. The molecule has 0 amide bonds. The summed E-state index contributed by atoms with van der Waals surface area (Å²) in [6.45, 7) is 1.11. The fraction of sp³-hybridized carbons (Fsp3) is 0.316. The molecular weight excluding hydrogens is 339 g/mol. The minimum Gasteiger partial charge on any atom is -0.478 e. The molecule has 3 rings (SSSR count). The van der Waals surface area contributed by atoms with Crippen molar-refractivity contribution in [2.24, 2.45) is 0 Å². The molecule has 1 atom stereocenters. The third-order valence-corrected chi connectivity index (χ3v) is 4.18. The average molecular weight is 360 g/mol. The first kappa shape index (κ1) is 18.2. The van der Waals surface area contributed by atoms with E-state index in [9.17, 15) is 9.18 Å². The van der Waals surface area contributed by atoms with Gasteiger partial charge in [0.05, 0.1) is 29.2 Å². The van der Waals surface area contributed by atoms with E-state index in [0.29, 0.717) is 18.0 Å². The van der Waals surface area contributed by atoms with Crippen LogP contribution >= 0.6 is 0 Å². The third kappa shape index (κ3) is 4.50. The van der Waals surface area contributed by atoms with Gasteiger partial charge < -0.3 is 25.6 Å². The number of benzene rings is 2. The van der Waals surface area contributed by atoms with Gasteiger partial charge in [-0.05, 0) is 55.2 Å². The lowest BCUT2D eigenvalue weighted by Gasteiger charge is -2.22. The van der Waals surface area contributed by atoms with Crippen molar-refractivity contribution in [3.8, 4) is 0 Å². The molecule has 138 valence electrons. The molecule has 2 aromatic carbocycles. The Balaban J connectivity index is 1.65. The predicted octanol–water partition coefficient (Wildman–Crippen LogP) is 3.89. The number of nitrogens with two attached hydrogens (primary N) is 1. The molecule has 0 aromatic heterocycles. The smallest absolute Gasteiger partial charge is 0.335 e. The number of nitrogen functional groups attached to an aromatic ring is 1. The van der Waals surface area contributed by atoms with Gasteiger partial charge in [0.15, 0.2) is 6.29 Å². The van der Waals surface area contributed by atoms with Crippen molar-refractivity contribution in [3.63, 3.8) is 0 Å². The van der Waals surface area contributed by atoms with E-state index in [1.807, 2.05) is 6.07 Å². The Bertz CT molecular complexity index is 791. The van der Waals surface area contributed by atoms with Crippen molar-refractivity contribution >= 4 is 23.0 Å². The molecule has 7 heteroatoms. The SMILES string of the molecule is Nc1cc(COC2CCCCO2)ccc1Nc1ccc(C(=O)O)cc1F. The first-order valence-corrected chi connectivity index (χ1v) is 8.44. The van der Waals surface area contributed by atoms with Crippen molar-refractivity contribution < 1.29 is 23.8 Å². The number of halogens is 1. The van der Waals surface area contributed by atoms with Gasteiger partial charge in [0.2, 0.25) is 0 Å². The van der Waals surface area contributed by atoms with Crippen molar-refractivity contribution in [3.05, 3.63) is 53.3 Å². The van der Waals surface area contributed by atoms with Gasteiger partial charge in [0, 0.05) is 6.61 Å². The van der Waals surface area contributed by atoms with Crippen LogP contribution in [0.4, 0.5) is 21.5 Å².